The van der Waals surface area contributed by atoms with Gasteiger partial charge in [0.15, 0.2) is 0 Å². The van der Waals surface area contributed by atoms with Gasteiger partial charge in [0.05, 0.1) is 13.5 Å². The molecule has 0 amide bonds. The van der Waals surface area contributed by atoms with E-state index in [0.29, 0.717) is 0 Å². The van der Waals surface area contributed by atoms with Gasteiger partial charge in [0.2, 0.25) is 0 Å². The molecule has 3 aromatic carbocycles. The first-order valence-corrected chi connectivity index (χ1v) is 12.9. The fourth-order valence-corrected chi connectivity index (χ4v) is 3.97. The zero-order valence-corrected chi connectivity index (χ0v) is 23.0. The summed E-state index contributed by atoms with van der Waals surface area (Å²) in [6.45, 7) is 8.12. The fourth-order valence-electron chi connectivity index (χ4n) is 3.97. The number of para-hydroxylation sites is 1. The van der Waals surface area contributed by atoms with Crippen LogP contribution < -0.4 is 20.1 Å². The van der Waals surface area contributed by atoms with E-state index in [9.17, 15) is 4.79 Å². The Balaban J connectivity index is 0.000000934. The smallest absolute Gasteiger partial charge is 0.311 e. The Kier molecular flexibility index (Phi) is 11.1. The van der Waals surface area contributed by atoms with E-state index in [-0.39, 0.29) is 19.1 Å². The van der Waals surface area contributed by atoms with Crippen molar-refractivity contribution in [2.45, 2.75) is 27.2 Å². The fraction of sp³-hybridized carbons (Fsp3) is 0.281. The Labute approximate surface area is 226 Å². The van der Waals surface area contributed by atoms with Crippen LogP contribution in [-0.4, -0.2) is 39.9 Å². The molecule has 0 unspecified atom stereocenters. The molecule has 1 aliphatic carbocycles. The minimum Gasteiger partial charge on any atom is -0.497 e. The Hall–Kier alpha value is -3.87. The van der Waals surface area contributed by atoms with E-state index in [1.165, 1.54) is 0 Å². The number of fused-ring (bicyclic) bond motifs is 1. The summed E-state index contributed by atoms with van der Waals surface area (Å²) in [5.41, 5.74) is 6.25. The zero-order chi connectivity index (χ0) is 27.3. The summed E-state index contributed by atoms with van der Waals surface area (Å²) in [6.07, 6.45) is 2.35. The van der Waals surface area contributed by atoms with Gasteiger partial charge in [0, 0.05) is 0 Å². The summed E-state index contributed by atoms with van der Waals surface area (Å²) in [5, 5.41) is 5.94. The molecule has 38 heavy (non-hydrogen) atoms. The van der Waals surface area contributed by atoms with Gasteiger partial charge >= 0.3 is 5.97 Å². The zero-order valence-electron chi connectivity index (χ0n) is 23.0. The summed E-state index contributed by atoms with van der Waals surface area (Å²) >= 11 is 0. The van der Waals surface area contributed by atoms with Crippen LogP contribution in [0.1, 0.15) is 43.9 Å². The van der Waals surface area contributed by atoms with Crippen LogP contribution in [0.25, 0.3) is 17.2 Å². The molecule has 0 bridgehead atoms. The number of rotatable bonds is 10. The molecule has 4 rings (SSSR count). The third-order valence-corrected chi connectivity index (χ3v) is 6.13. The summed E-state index contributed by atoms with van der Waals surface area (Å²) < 4.78 is 16.7. The van der Waals surface area contributed by atoms with Crippen molar-refractivity contribution in [1.29, 1.82) is 0 Å². The van der Waals surface area contributed by atoms with Crippen molar-refractivity contribution in [3.05, 3.63) is 95.1 Å². The molecule has 0 radical (unpaired) electrons. The molecule has 0 fully saturated rings. The standard InChI is InChI=1S/C29H29NO4.C3H9N/c1-4-30-19-33-29(31)18-27-20(2)26(25-15-14-24(32-3)17-28(25)27)16-21-10-12-23(13-11-21)34-22-8-6-5-7-9-22;1-3-4-2/h5-17,30H,4,18-19H2,1-3H3;4H,3H2,1-2H3/b26-16-;. The topological polar surface area (TPSA) is 68.8 Å². The van der Waals surface area contributed by atoms with Gasteiger partial charge in [-0.1, -0.05) is 50.2 Å². The molecule has 0 saturated carbocycles. The summed E-state index contributed by atoms with van der Waals surface area (Å²) in [5.74, 6) is 2.08. The molecule has 0 heterocycles. The number of carbonyl (C=O) groups is 1. The van der Waals surface area contributed by atoms with Crippen molar-refractivity contribution in [3.63, 3.8) is 0 Å². The predicted octanol–water partition coefficient (Wildman–Crippen LogP) is 6.54. The van der Waals surface area contributed by atoms with Gasteiger partial charge in [0.1, 0.15) is 24.0 Å². The number of hydrogen-bond donors (Lipinski definition) is 2. The van der Waals surface area contributed by atoms with Crippen LogP contribution >= 0.6 is 0 Å². The van der Waals surface area contributed by atoms with Crippen molar-refractivity contribution < 1.29 is 19.0 Å². The molecule has 0 atom stereocenters. The van der Waals surface area contributed by atoms with E-state index in [0.717, 1.165) is 63.7 Å². The van der Waals surface area contributed by atoms with Crippen LogP contribution in [0, 0.1) is 0 Å². The number of nitrogens with one attached hydrogen (secondary N) is 2. The van der Waals surface area contributed by atoms with E-state index >= 15 is 0 Å². The average molecular weight is 515 g/mol. The first kappa shape index (κ1) is 28.7. The third kappa shape index (κ3) is 7.81. The number of hydrogen-bond acceptors (Lipinski definition) is 6. The Morgan fingerprint density at radius 1 is 0.868 bits per heavy atom. The molecule has 200 valence electrons. The van der Waals surface area contributed by atoms with Crippen molar-refractivity contribution in [2.24, 2.45) is 0 Å². The van der Waals surface area contributed by atoms with Crippen LogP contribution in [0.3, 0.4) is 0 Å². The average Bonchev–Trinajstić information content (AvgIpc) is 3.20. The molecule has 0 spiro atoms. The summed E-state index contributed by atoms with van der Waals surface area (Å²) in [6, 6.07) is 23.7. The van der Waals surface area contributed by atoms with E-state index < -0.39 is 0 Å². The maximum Gasteiger partial charge on any atom is 0.311 e. The molecule has 6 heteroatoms. The molecule has 0 aliphatic heterocycles. The number of carbonyl (C=O) groups excluding carboxylic acids is 1. The van der Waals surface area contributed by atoms with Gasteiger partial charge < -0.3 is 19.5 Å². The lowest BCUT2D eigenvalue weighted by molar-refractivity contribution is -0.143. The van der Waals surface area contributed by atoms with Gasteiger partial charge in [-0.3, -0.25) is 10.1 Å². The van der Waals surface area contributed by atoms with Gasteiger partial charge in [-0.2, -0.15) is 0 Å². The minimum atomic E-state index is -0.257. The maximum atomic E-state index is 12.5. The van der Waals surface area contributed by atoms with Crippen LogP contribution in [0.15, 0.2) is 78.4 Å². The van der Waals surface area contributed by atoms with Crippen LogP contribution in [-0.2, 0) is 9.53 Å². The summed E-state index contributed by atoms with van der Waals surface area (Å²) in [7, 11) is 3.58. The van der Waals surface area contributed by atoms with E-state index in [2.05, 4.69) is 30.6 Å². The van der Waals surface area contributed by atoms with Crippen LogP contribution in [0.4, 0.5) is 0 Å². The lowest BCUT2D eigenvalue weighted by Crippen LogP contribution is -2.20. The molecule has 0 saturated heterocycles. The summed E-state index contributed by atoms with van der Waals surface area (Å²) in [4.78, 5) is 12.5. The molecule has 1 aliphatic rings. The molecular weight excluding hydrogens is 476 g/mol. The van der Waals surface area contributed by atoms with Gasteiger partial charge in [0.25, 0.3) is 0 Å². The SMILES string of the molecule is CCNC.CCNCOC(=O)CC1=C(C)/C(=C/c2ccc(Oc3ccccc3)cc2)c2ccc(OC)cc21. The Morgan fingerprint density at radius 2 is 1.53 bits per heavy atom. The van der Waals surface area contributed by atoms with Crippen molar-refractivity contribution >= 4 is 23.2 Å². The first-order chi connectivity index (χ1) is 18.5. The molecule has 0 aromatic heterocycles. The maximum absolute atomic E-state index is 12.5. The lowest BCUT2D eigenvalue weighted by Gasteiger charge is -2.09. The quantitative estimate of drug-likeness (QED) is 0.182. The number of benzene rings is 3. The van der Waals surface area contributed by atoms with E-state index in [4.69, 9.17) is 14.2 Å². The van der Waals surface area contributed by atoms with Gasteiger partial charge in [-0.25, -0.2) is 0 Å². The van der Waals surface area contributed by atoms with Gasteiger partial charge in [-0.05, 0) is 103 Å². The van der Waals surface area contributed by atoms with Crippen molar-refractivity contribution in [2.75, 3.05) is 34.0 Å². The second-order valence-electron chi connectivity index (χ2n) is 8.71. The molecule has 2 N–H and O–H groups in total. The molecule has 6 nitrogen and oxygen atoms in total. The highest BCUT2D eigenvalue weighted by Crippen LogP contribution is 2.45. The third-order valence-electron chi connectivity index (χ3n) is 6.13. The van der Waals surface area contributed by atoms with Gasteiger partial charge in [-0.15, -0.1) is 0 Å². The Bertz CT molecular complexity index is 1250. The molecular formula is C32H38N2O4. The van der Waals surface area contributed by atoms with Crippen molar-refractivity contribution in [3.8, 4) is 17.2 Å². The highest BCUT2D eigenvalue weighted by molar-refractivity contribution is 6.07. The largest absolute Gasteiger partial charge is 0.497 e. The number of allylic oxidation sites excluding steroid dienone is 2. The number of ether oxygens (including phenoxy) is 3. The second kappa shape index (κ2) is 14.8. The lowest BCUT2D eigenvalue weighted by atomic mass is 10.0. The molecule has 3 aromatic rings. The Morgan fingerprint density at radius 3 is 2.16 bits per heavy atom. The van der Waals surface area contributed by atoms with E-state index in [1.54, 1.807) is 7.11 Å². The predicted molar refractivity (Wildman–Crippen MR) is 155 cm³/mol. The number of methoxy groups -OCH3 is 1. The monoisotopic (exact) mass is 514 g/mol. The highest BCUT2D eigenvalue weighted by Gasteiger charge is 2.26. The number of esters is 1. The van der Waals surface area contributed by atoms with E-state index in [1.807, 2.05) is 86.8 Å². The first-order valence-electron chi connectivity index (χ1n) is 12.9. The highest BCUT2D eigenvalue weighted by atomic mass is 16.5. The normalized spacial score (nSPS) is 13.0. The van der Waals surface area contributed by atoms with Crippen molar-refractivity contribution in [1.82, 2.24) is 10.6 Å². The minimum absolute atomic E-state index is 0.207. The second-order valence-corrected chi connectivity index (χ2v) is 8.71. The van der Waals surface area contributed by atoms with Crippen LogP contribution in [0.5, 0.6) is 17.2 Å². The van der Waals surface area contributed by atoms with Crippen LogP contribution in [0.2, 0.25) is 0 Å².